The molecule has 1 fully saturated rings. The van der Waals surface area contributed by atoms with E-state index in [0.717, 1.165) is 43.4 Å². The van der Waals surface area contributed by atoms with E-state index in [1.54, 1.807) is 16.8 Å². The number of aromatic nitrogens is 2. The number of guanidine groups is 1. The maximum atomic E-state index is 13.1. The number of rotatable bonds is 7. The molecular formula is C21H30FIN6O. The largest absolute Gasteiger partial charge is 0.357 e. The van der Waals surface area contributed by atoms with Gasteiger partial charge >= 0.3 is 0 Å². The van der Waals surface area contributed by atoms with Crippen molar-refractivity contribution < 1.29 is 9.18 Å². The number of nitrogens with one attached hydrogen (secondary N) is 2. The Bertz CT molecular complexity index is 838. The van der Waals surface area contributed by atoms with Crippen molar-refractivity contribution in [3.05, 3.63) is 48.0 Å². The van der Waals surface area contributed by atoms with Crippen molar-refractivity contribution in [2.45, 2.75) is 39.2 Å². The van der Waals surface area contributed by atoms with Gasteiger partial charge in [-0.3, -0.25) is 9.79 Å². The van der Waals surface area contributed by atoms with Gasteiger partial charge in [0, 0.05) is 51.3 Å². The third-order valence-corrected chi connectivity index (χ3v) is 4.90. The Kier molecular flexibility index (Phi) is 9.54. The van der Waals surface area contributed by atoms with E-state index >= 15 is 0 Å². The zero-order chi connectivity index (χ0) is 20.6. The Hall–Kier alpha value is -2.17. The second-order valence-corrected chi connectivity index (χ2v) is 7.06. The first-order valence-corrected chi connectivity index (χ1v) is 10.2. The summed E-state index contributed by atoms with van der Waals surface area (Å²) in [6.45, 7) is 6.81. The monoisotopic (exact) mass is 528 g/mol. The smallest absolute Gasteiger partial charge is 0.222 e. The molecule has 164 valence electrons. The predicted octanol–water partition coefficient (Wildman–Crippen LogP) is 2.74. The van der Waals surface area contributed by atoms with Crippen molar-refractivity contribution in [2.24, 2.45) is 4.99 Å². The van der Waals surface area contributed by atoms with Crippen LogP contribution in [0.25, 0.3) is 5.69 Å². The number of carbonyl (C=O) groups excluding carboxylic acids is 1. The molecule has 2 heterocycles. The number of amides is 1. The summed E-state index contributed by atoms with van der Waals surface area (Å²) >= 11 is 0. The Morgan fingerprint density at radius 2 is 2.03 bits per heavy atom. The van der Waals surface area contributed by atoms with Gasteiger partial charge in [0.15, 0.2) is 5.96 Å². The van der Waals surface area contributed by atoms with Crippen LogP contribution < -0.4 is 10.6 Å². The highest BCUT2D eigenvalue weighted by Gasteiger charge is 2.25. The molecule has 1 unspecified atom stereocenters. The molecular weight excluding hydrogens is 498 g/mol. The summed E-state index contributed by atoms with van der Waals surface area (Å²) in [5.74, 6) is 0.706. The minimum atomic E-state index is -0.261. The number of hydrogen-bond donors (Lipinski definition) is 2. The molecule has 1 atom stereocenters. The zero-order valence-electron chi connectivity index (χ0n) is 17.5. The summed E-state index contributed by atoms with van der Waals surface area (Å²) in [7, 11) is 0. The summed E-state index contributed by atoms with van der Waals surface area (Å²) in [5, 5.41) is 11.2. The van der Waals surface area contributed by atoms with Gasteiger partial charge in [-0.15, -0.1) is 24.0 Å². The Labute approximate surface area is 194 Å². The summed E-state index contributed by atoms with van der Waals surface area (Å²) in [6, 6.07) is 8.42. The van der Waals surface area contributed by atoms with E-state index in [4.69, 9.17) is 0 Å². The van der Waals surface area contributed by atoms with Crippen LogP contribution in [0.2, 0.25) is 0 Å². The average Bonchev–Trinajstić information content (AvgIpc) is 3.38. The van der Waals surface area contributed by atoms with Gasteiger partial charge < -0.3 is 15.5 Å². The number of nitrogens with zero attached hydrogens (tertiary/aromatic N) is 4. The second-order valence-electron chi connectivity index (χ2n) is 7.06. The molecule has 1 aromatic heterocycles. The van der Waals surface area contributed by atoms with Gasteiger partial charge in [-0.25, -0.2) is 9.07 Å². The van der Waals surface area contributed by atoms with Crippen LogP contribution in [0.15, 0.2) is 41.5 Å². The maximum absolute atomic E-state index is 13.1. The summed E-state index contributed by atoms with van der Waals surface area (Å²) < 4.78 is 14.8. The Morgan fingerprint density at radius 1 is 1.27 bits per heavy atom. The lowest BCUT2D eigenvalue weighted by Gasteiger charge is -2.18. The van der Waals surface area contributed by atoms with Gasteiger partial charge in [0.1, 0.15) is 5.82 Å². The Morgan fingerprint density at radius 3 is 2.73 bits per heavy atom. The number of hydrogen-bond acceptors (Lipinski definition) is 3. The van der Waals surface area contributed by atoms with Gasteiger partial charge in [-0.1, -0.05) is 6.92 Å². The Balaban J connectivity index is 0.00000320. The van der Waals surface area contributed by atoms with Crippen molar-refractivity contribution in [1.29, 1.82) is 0 Å². The molecule has 1 aliphatic heterocycles. The van der Waals surface area contributed by atoms with Gasteiger partial charge in [0.2, 0.25) is 5.91 Å². The molecule has 9 heteroatoms. The first-order valence-electron chi connectivity index (χ1n) is 10.2. The molecule has 1 aliphatic rings. The first-order chi connectivity index (χ1) is 14.1. The highest BCUT2D eigenvalue weighted by atomic mass is 127. The molecule has 0 radical (unpaired) electrons. The minimum absolute atomic E-state index is 0. The SMILES string of the molecule is CCNC(=NCCc1ccn(-c2ccc(F)cc2)n1)NC1CCN(C(=O)CC)C1.I. The van der Waals surface area contributed by atoms with Crippen molar-refractivity contribution >= 4 is 35.8 Å². The van der Waals surface area contributed by atoms with E-state index in [9.17, 15) is 9.18 Å². The van der Waals surface area contributed by atoms with Gasteiger partial charge in [-0.2, -0.15) is 5.10 Å². The number of halogens is 2. The lowest BCUT2D eigenvalue weighted by Crippen LogP contribution is -2.45. The molecule has 1 saturated heterocycles. The fraction of sp³-hybridized carbons (Fsp3) is 0.476. The zero-order valence-corrected chi connectivity index (χ0v) is 19.8. The molecule has 3 rings (SSSR count). The summed E-state index contributed by atoms with van der Waals surface area (Å²) in [5.41, 5.74) is 1.75. The van der Waals surface area contributed by atoms with E-state index in [1.165, 1.54) is 12.1 Å². The van der Waals surface area contributed by atoms with Crippen LogP contribution in [0.3, 0.4) is 0 Å². The quantitative estimate of drug-likeness (QED) is 0.330. The topological polar surface area (TPSA) is 74.6 Å². The van der Waals surface area contributed by atoms with Crippen LogP contribution in [-0.4, -0.2) is 58.8 Å². The number of likely N-dealkylation sites (tertiary alicyclic amines) is 1. The number of carbonyl (C=O) groups is 1. The van der Waals surface area contributed by atoms with Crippen LogP contribution in [0.4, 0.5) is 4.39 Å². The molecule has 0 bridgehead atoms. The second kappa shape index (κ2) is 11.9. The highest BCUT2D eigenvalue weighted by Crippen LogP contribution is 2.11. The fourth-order valence-corrected chi connectivity index (χ4v) is 3.36. The van der Waals surface area contributed by atoms with Crippen LogP contribution >= 0.6 is 24.0 Å². The molecule has 1 amide bonds. The average molecular weight is 528 g/mol. The third-order valence-electron chi connectivity index (χ3n) is 4.90. The van der Waals surface area contributed by atoms with Crippen molar-refractivity contribution in [3.63, 3.8) is 0 Å². The summed E-state index contributed by atoms with van der Waals surface area (Å²) in [4.78, 5) is 18.4. The molecule has 30 heavy (non-hydrogen) atoms. The normalized spacial score (nSPS) is 16.3. The molecule has 7 nitrogen and oxygen atoms in total. The van der Waals surface area contributed by atoms with E-state index in [1.807, 2.05) is 31.0 Å². The van der Waals surface area contributed by atoms with Gasteiger partial charge in [0.25, 0.3) is 0 Å². The molecule has 1 aromatic carbocycles. The van der Waals surface area contributed by atoms with Crippen LogP contribution in [0.1, 0.15) is 32.4 Å². The van der Waals surface area contributed by atoms with Crippen LogP contribution in [0, 0.1) is 5.82 Å². The number of benzene rings is 1. The van der Waals surface area contributed by atoms with E-state index in [-0.39, 0.29) is 41.7 Å². The van der Waals surface area contributed by atoms with E-state index < -0.39 is 0 Å². The molecule has 2 N–H and O–H groups in total. The fourth-order valence-electron chi connectivity index (χ4n) is 3.36. The predicted molar refractivity (Wildman–Crippen MR) is 127 cm³/mol. The van der Waals surface area contributed by atoms with Crippen molar-refractivity contribution in [1.82, 2.24) is 25.3 Å². The molecule has 0 spiro atoms. The minimum Gasteiger partial charge on any atom is -0.357 e. The first kappa shape index (κ1) is 24.1. The van der Waals surface area contributed by atoms with E-state index in [2.05, 4.69) is 20.7 Å². The molecule has 2 aromatic rings. The molecule has 0 saturated carbocycles. The van der Waals surface area contributed by atoms with Crippen LogP contribution in [-0.2, 0) is 11.2 Å². The van der Waals surface area contributed by atoms with Crippen molar-refractivity contribution in [2.75, 3.05) is 26.2 Å². The third kappa shape index (κ3) is 6.68. The lowest BCUT2D eigenvalue weighted by atomic mass is 10.3. The standard InChI is InChI=1S/C21H29FN6O.HI/c1-3-20(29)27-13-10-18(15-27)25-21(23-4-2)24-12-9-17-11-14-28(26-17)19-7-5-16(22)6-8-19;/h5-8,11,14,18H,3-4,9-10,12-13,15H2,1-2H3,(H2,23,24,25);1H. The molecule has 0 aliphatic carbocycles. The number of aliphatic imine (C=N–C) groups is 1. The van der Waals surface area contributed by atoms with Crippen LogP contribution in [0.5, 0.6) is 0 Å². The van der Waals surface area contributed by atoms with Crippen molar-refractivity contribution in [3.8, 4) is 5.69 Å². The lowest BCUT2D eigenvalue weighted by molar-refractivity contribution is -0.129. The summed E-state index contributed by atoms with van der Waals surface area (Å²) in [6.07, 6.45) is 4.05. The van der Waals surface area contributed by atoms with Gasteiger partial charge in [0.05, 0.1) is 11.4 Å². The highest BCUT2D eigenvalue weighted by molar-refractivity contribution is 14.0. The maximum Gasteiger partial charge on any atom is 0.222 e. The van der Waals surface area contributed by atoms with E-state index in [0.29, 0.717) is 19.4 Å². The van der Waals surface area contributed by atoms with Gasteiger partial charge in [-0.05, 0) is 43.7 Å².